The molecule has 20 heavy (non-hydrogen) atoms. The molecule has 2 heterocycles. The third-order valence-corrected chi connectivity index (χ3v) is 3.09. The van der Waals surface area contributed by atoms with Crippen LogP contribution in [0.1, 0.15) is 5.56 Å². The molecule has 0 fully saturated rings. The first-order valence-corrected chi connectivity index (χ1v) is 6.50. The Balaban J connectivity index is 1.51. The van der Waals surface area contributed by atoms with Crippen LogP contribution in [0, 0.1) is 0 Å². The van der Waals surface area contributed by atoms with Crippen LogP contribution in [0.2, 0.25) is 0 Å². The average molecular weight is 273 g/mol. The Kier molecular flexibility index (Phi) is 3.58. The van der Waals surface area contributed by atoms with E-state index in [4.69, 9.17) is 13.9 Å². The van der Waals surface area contributed by atoms with E-state index < -0.39 is 6.10 Å². The maximum Gasteiger partial charge on any atom is 0.264 e. The van der Waals surface area contributed by atoms with Crippen LogP contribution >= 0.6 is 0 Å². The molecule has 0 saturated carbocycles. The predicted octanol–water partition coefficient (Wildman–Crippen LogP) is 1.78. The number of para-hydroxylation sites is 2. The number of carbonyl (C=O) groups is 1. The minimum atomic E-state index is -0.603. The molecular weight excluding hydrogens is 258 g/mol. The highest BCUT2D eigenvalue weighted by Gasteiger charge is 2.26. The van der Waals surface area contributed by atoms with Crippen LogP contribution in [-0.2, 0) is 11.2 Å². The number of hydrogen-bond acceptors (Lipinski definition) is 4. The van der Waals surface area contributed by atoms with Gasteiger partial charge < -0.3 is 19.2 Å². The fourth-order valence-corrected chi connectivity index (χ4v) is 2.03. The van der Waals surface area contributed by atoms with Crippen molar-refractivity contribution in [1.29, 1.82) is 0 Å². The third-order valence-electron chi connectivity index (χ3n) is 3.09. The van der Waals surface area contributed by atoms with Crippen molar-refractivity contribution in [3.63, 3.8) is 0 Å². The number of amides is 1. The fourth-order valence-electron chi connectivity index (χ4n) is 2.03. The lowest BCUT2D eigenvalue weighted by atomic mass is 10.2. The van der Waals surface area contributed by atoms with Gasteiger partial charge in [0.05, 0.1) is 12.5 Å². The largest absolute Gasteiger partial charge is 0.485 e. The molecule has 1 unspecified atom stereocenters. The smallest absolute Gasteiger partial charge is 0.264 e. The van der Waals surface area contributed by atoms with Gasteiger partial charge in [-0.3, -0.25) is 4.79 Å². The number of ether oxygens (including phenoxy) is 2. The Bertz CT molecular complexity index is 579. The van der Waals surface area contributed by atoms with Crippen molar-refractivity contribution in [3.8, 4) is 11.5 Å². The molecule has 1 aliphatic heterocycles. The average Bonchev–Trinajstić information content (AvgIpc) is 3.00. The number of fused-ring (bicyclic) bond motifs is 1. The second-order valence-corrected chi connectivity index (χ2v) is 4.54. The molecule has 0 radical (unpaired) electrons. The molecule has 0 spiro atoms. The molecule has 1 aromatic carbocycles. The normalized spacial score (nSPS) is 16.7. The Morgan fingerprint density at radius 3 is 2.90 bits per heavy atom. The highest BCUT2D eigenvalue weighted by Crippen LogP contribution is 2.30. The van der Waals surface area contributed by atoms with Gasteiger partial charge in [-0.1, -0.05) is 12.1 Å². The summed E-state index contributed by atoms with van der Waals surface area (Å²) in [4.78, 5) is 12.0. The van der Waals surface area contributed by atoms with Crippen molar-refractivity contribution in [2.45, 2.75) is 12.5 Å². The van der Waals surface area contributed by atoms with E-state index in [1.165, 1.54) is 0 Å². The number of benzene rings is 1. The molecule has 5 nitrogen and oxygen atoms in total. The lowest BCUT2D eigenvalue weighted by molar-refractivity contribution is -0.130. The lowest BCUT2D eigenvalue weighted by Gasteiger charge is -2.25. The zero-order valence-electron chi connectivity index (χ0n) is 10.9. The summed E-state index contributed by atoms with van der Waals surface area (Å²) in [7, 11) is 0. The van der Waals surface area contributed by atoms with Crippen molar-refractivity contribution in [2.75, 3.05) is 13.2 Å². The first kappa shape index (κ1) is 12.6. The maximum atomic E-state index is 12.0. The molecule has 0 bridgehead atoms. The Morgan fingerprint density at radius 1 is 1.25 bits per heavy atom. The van der Waals surface area contributed by atoms with Crippen LogP contribution in [0.4, 0.5) is 0 Å². The number of rotatable bonds is 4. The number of hydrogen-bond donors (Lipinski definition) is 1. The van der Waals surface area contributed by atoms with Crippen molar-refractivity contribution >= 4 is 5.91 Å². The summed E-state index contributed by atoms with van der Waals surface area (Å²) in [5, 5.41) is 2.84. The molecule has 0 aliphatic carbocycles. The zero-order valence-corrected chi connectivity index (χ0v) is 10.9. The van der Waals surface area contributed by atoms with E-state index >= 15 is 0 Å². The molecule has 5 heteroatoms. The molecule has 3 rings (SSSR count). The molecule has 0 saturated heterocycles. The molecule has 1 aromatic heterocycles. The Morgan fingerprint density at radius 2 is 2.10 bits per heavy atom. The van der Waals surface area contributed by atoms with E-state index in [0.29, 0.717) is 18.0 Å². The summed E-state index contributed by atoms with van der Waals surface area (Å²) in [6.45, 7) is 0.772. The van der Waals surface area contributed by atoms with E-state index in [2.05, 4.69) is 5.32 Å². The van der Waals surface area contributed by atoms with Gasteiger partial charge in [0.2, 0.25) is 6.10 Å². The number of carbonyl (C=O) groups excluding carboxylic acids is 1. The molecule has 2 aromatic rings. The highest BCUT2D eigenvalue weighted by atomic mass is 16.6. The van der Waals surface area contributed by atoms with E-state index in [1.807, 2.05) is 24.3 Å². The van der Waals surface area contributed by atoms with Gasteiger partial charge in [-0.2, -0.15) is 0 Å². The summed E-state index contributed by atoms with van der Waals surface area (Å²) >= 11 is 0. The van der Waals surface area contributed by atoms with Gasteiger partial charge in [0, 0.05) is 6.54 Å². The van der Waals surface area contributed by atoms with Crippen molar-refractivity contribution in [3.05, 3.63) is 48.4 Å². The molecule has 1 aliphatic rings. The van der Waals surface area contributed by atoms with Crippen LogP contribution in [0.5, 0.6) is 11.5 Å². The van der Waals surface area contributed by atoms with Gasteiger partial charge in [0.25, 0.3) is 5.91 Å². The number of furan rings is 1. The maximum absolute atomic E-state index is 12.0. The first-order chi connectivity index (χ1) is 9.83. The Hall–Kier alpha value is -2.43. The van der Waals surface area contributed by atoms with Crippen LogP contribution in [0.3, 0.4) is 0 Å². The topological polar surface area (TPSA) is 60.7 Å². The van der Waals surface area contributed by atoms with E-state index in [-0.39, 0.29) is 12.5 Å². The Labute approximate surface area is 116 Å². The summed E-state index contributed by atoms with van der Waals surface area (Å²) in [5.41, 5.74) is 1.05. The highest BCUT2D eigenvalue weighted by molar-refractivity contribution is 5.81. The quantitative estimate of drug-likeness (QED) is 0.922. The molecule has 104 valence electrons. The van der Waals surface area contributed by atoms with Gasteiger partial charge in [0.1, 0.15) is 6.61 Å². The van der Waals surface area contributed by atoms with Gasteiger partial charge in [0.15, 0.2) is 11.5 Å². The predicted molar refractivity (Wildman–Crippen MR) is 71.8 cm³/mol. The van der Waals surface area contributed by atoms with E-state index in [0.717, 1.165) is 12.0 Å². The fraction of sp³-hybridized carbons (Fsp3) is 0.267. The van der Waals surface area contributed by atoms with Gasteiger partial charge in [-0.25, -0.2) is 0 Å². The van der Waals surface area contributed by atoms with Crippen LogP contribution in [0.15, 0.2) is 47.3 Å². The van der Waals surface area contributed by atoms with Crippen molar-refractivity contribution in [2.24, 2.45) is 0 Å². The standard InChI is InChI=1S/C15H15NO4/c17-15(16-7-5-11-6-8-18-9-11)14-10-19-12-3-1-2-4-13(12)20-14/h1-4,6,8-9,14H,5,7,10H2,(H,16,17). The SMILES string of the molecule is O=C(NCCc1ccoc1)C1COc2ccccc2O1. The molecule has 1 N–H and O–H groups in total. The van der Waals surface area contributed by atoms with Gasteiger partial charge >= 0.3 is 0 Å². The minimum absolute atomic E-state index is 0.164. The monoisotopic (exact) mass is 273 g/mol. The van der Waals surface area contributed by atoms with Gasteiger partial charge in [-0.05, 0) is 30.2 Å². The van der Waals surface area contributed by atoms with E-state index in [9.17, 15) is 4.79 Å². The second-order valence-electron chi connectivity index (χ2n) is 4.54. The summed E-state index contributed by atoms with van der Waals surface area (Å²) in [6.07, 6.45) is 3.41. The van der Waals surface area contributed by atoms with Crippen LogP contribution < -0.4 is 14.8 Å². The number of nitrogens with one attached hydrogen (secondary N) is 1. The van der Waals surface area contributed by atoms with Crippen LogP contribution in [-0.4, -0.2) is 25.2 Å². The first-order valence-electron chi connectivity index (χ1n) is 6.50. The summed E-state index contributed by atoms with van der Waals surface area (Å²) < 4.78 is 16.1. The summed E-state index contributed by atoms with van der Waals surface area (Å²) in [5.74, 6) is 1.12. The summed E-state index contributed by atoms with van der Waals surface area (Å²) in [6, 6.07) is 9.21. The molecule has 1 amide bonds. The second kappa shape index (κ2) is 5.69. The van der Waals surface area contributed by atoms with Crippen LogP contribution in [0.25, 0.3) is 0 Å². The molecule has 1 atom stereocenters. The lowest BCUT2D eigenvalue weighted by Crippen LogP contribution is -2.44. The van der Waals surface area contributed by atoms with Crippen molar-refractivity contribution < 1.29 is 18.7 Å². The van der Waals surface area contributed by atoms with E-state index in [1.54, 1.807) is 18.6 Å². The molecular formula is C15H15NO4. The van der Waals surface area contributed by atoms with Gasteiger partial charge in [-0.15, -0.1) is 0 Å². The minimum Gasteiger partial charge on any atom is -0.485 e. The van der Waals surface area contributed by atoms with Crippen molar-refractivity contribution in [1.82, 2.24) is 5.32 Å². The zero-order chi connectivity index (χ0) is 13.8. The third kappa shape index (κ3) is 2.77.